The Bertz CT molecular complexity index is 763. The molecule has 11 heteroatoms. The summed E-state index contributed by atoms with van der Waals surface area (Å²) in [5, 5.41) is 11.7. The number of amides is 2. The van der Waals surface area contributed by atoms with Crippen LogP contribution in [0.1, 0.15) is 22.8 Å². The Morgan fingerprint density at radius 3 is 2.65 bits per heavy atom. The lowest BCUT2D eigenvalue weighted by Crippen LogP contribution is -2.42. The van der Waals surface area contributed by atoms with Crippen molar-refractivity contribution >= 4 is 46.2 Å². The van der Waals surface area contributed by atoms with Gasteiger partial charge in [-0.25, -0.2) is 15.2 Å². The molecule has 9 nitrogen and oxygen atoms in total. The van der Waals surface area contributed by atoms with Gasteiger partial charge in [-0.2, -0.15) is 5.26 Å². The maximum absolute atomic E-state index is 12.6. The van der Waals surface area contributed by atoms with Crippen LogP contribution in [0.2, 0.25) is 5.02 Å². The van der Waals surface area contributed by atoms with Gasteiger partial charge in [0, 0.05) is 11.1 Å². The quantitative estimate of drug-likeness (QED) is 0.233. The smallest absolute Gasteiger partial charge is 0.426 e. The van der Waals surface area contributed by atoms with E-state index >= 15 is 0 Å². The van der Waals surface area contributed by atoms with E-state index < -0.39 is 12.0 Å². The number of hydrogen-bond donors (Lipinski definition) is 3. The van der Waals surface area contributed by atoms with Crippen molar-refractivity contribution in [1.82, 2.24) is 16.2 Å². The number of methoxy groups -OCH3 is 1. The number of nitrogens with one attached hydrogen (secondary N) is 3. The number of hydrogen-bond acceptors (Lipinski definition) is 7. The van der Waals surface area contributed by atoms with E-state index in [-0.39, 0.29) is 33.8 Å². The molecule has 0 aliphatic rings. The number of halogens is 1. The molecule has 0 aliphatic carbocycles. The molecule has 3 N–H and O–H groups in total. The monoisotopic (exact) mass is 399 g/mol. The Morgan fingerprint density at radius 1 is 1.42 bits per heavy atom. The van der Waals surface area contributed by atoms with Crippen LogP contribution < -0.4 is 20.9 Å². The van der Waals surface area contributed by atoms with Gasteiger partial charge in [-0.1, -0.05) is 23.4 Å². The third kappa shape index (κ3) is 5.44. The highest BCUT2D eigenvalue weighted by atomic mass is 35.5. The van der Waals surface area contributed by atoms with E-state index in [1.807, 2.05) is 0 Å². The molecule has 140 valence electrons. The van der Waals surface area contributed by atoms with Crippen molar-refractivity contribution in [2.24, 2.45) is 4.99 Å². The zero-order chi connectivity index (χ0) is 19.7. The van der Waals surface area contributed by atoms with Gasteiger partial charge in [-0.05, 0) is 25.7 Å². The predicted octanol–water partition coefficient (Wildman–Crippen LogP) is 2.47. The first kappa shape index (κ1) is 21.4. The summed E-state index contributed by atoms with van der Waals surface area (Å²) in [4.78, 5) is 28.2. The minimum absolute atomic E-state index is 0.0810. The summed E-state index contributed by atoms with van der Waals surface area (Å²) < 4.78 is 9.93. The minimum atomic E-state index is -0.812. The van der Waals surface area contributed by atoms with Crippen LogP contribution in [-0.4, -0.2) is 37.1 Å². The molecule has 0 aliphatic heterocycles. The summed E-state index contributed by atoms with van der Waals surface area (Å²) in [5.41, 5.74) is 5.01. The molecule has 0 heterocycles. The molecule has 0 unspecified atom stereocenters. The molecule has 0 bridgehead atoms. The van der Waals surface area contributed by atoms with E-state index in [9.17, 15) is 9.59 Å². The lowest BCUT2D eigenvalue weighted by atomic mass is 10.0. The molecule has 1 rings (SSSR count). The molecular formula is C15H18ClN5O4S. The van der Waals surface area contributed by atoms with E-state index in [2.05, 4.69) is 25.9 Å². The van der Waals surface area contributed by atoms with Crippen molar-refractivity contribution in [3.05, 3.63) is 22.2 Å². The zero-order valence-corrected chi connectivity index (χ0v) is 16.2. The van der Waals surface area contributed by atoms with Crippen molar-refractivity contribution in [2.75, 3.05) is 20.0 Å². The van der Waals surface area contributed by atoms with Crippen LogP contribution in [-0.2, 0) is 4.74 Å². The van der Waals surface area contributed by atoms with Crippen LogP contribution >= 0.6 is 23.4 Å². The molecule has 0 saturated heterocycles. The topological polar surface area (TPSA) is 125 Å². The van der Waals surface area contributed by atoms with Crippen LogP contribution in [0.25, 0.3) is 0 Å². The molecule has 1 aromatic carbocycles. The maximum atomic E-state index is 12.6. The number of thioether (sulfide) groups is 1. The van der Waals surface area contributed by atoms with E-state index in [1.54, 1.807) is 26.3 Å². The van der Waals surface area contributed by atoms with Gasteiger partial charge in [0.25, 0.3) is 5.91 Å². The van der Waals surface area contributed by atoms with E-state index in [0.29, 0.717) is 5.56 Å². The number of nitriles is 1. The fraction of sp³-hybridized carbons (Fsp3) is 0.333. The molecular weight excluding hydrogens is 382 g/mol. The van der Waals surface area contributed by atoms with Crippen molar-refractivity contribution in [3.63, 3.8) is 0 Å². The Morgan fingerprint density at radius 2 is 2.12 bits per heavy atom. The fourth-order valence-electron chi connectivity index (χ4n) is 1.87. The lowest BCUT2D eigenvalue weighted by Gasteiger charge is -2.16. The first-order valence-electron chi connectivity index (χ1n) is 7.27. The number of rotatable bonds is 4. The number of benzene rings is 1. The lowest BCUT2D eigenvalue weighted by molar-refractivity contribution is 0.0912. The Hall–Kier alpha value is -2.64. The van der Waals surface area contributed by atoms with E-state index in [4.69, 9.17) is 21.6 Å². The average molecular weight is 400 g/mol. The molecule has 2 amide bonds. The second kappa shape index (κ2) is 10.4. The largest absolute Gasteiger partial charge is 0.494 e. The molecule has 1 aromatic rings. The summed E-state index contributed by atoms with van der Waals surface area (Å²) in [5.74, 6) is -0.444. The van der Waals surface area contributed by atoms with Gasteiger partial charge in [-0.15, -0.1) is 0 Å². The summed E-state index contributed by atoms with van der Waals surface area (Å²) in [6.07, 6.45) is 2.66. The van der Waals surface area contributed by atoms with Crippen molar-refractivity contribution < 1.29 is 19.1 Å². The van der Waals surface area contributed by atoms with Gasteiger partial charge in [0.15, 0.2) is 11.4 Å². The first-order chi connectivity index (χ1) is 12.4. The number of amidine groups is 1. The Labute approximate surface area is 160 Å². The van der Waals surface area contributed by atoms with Crippen LogP contribution in [0.5, 0.6) is 5.75 Å². The zero-order valence-electron chi connectivity index (χ0n) is 14.6. The number of carbonyl (C=O) groups excluding carboxylic acids is 2. The molecule has 0 radical (unpaired) electrons. The maximum Gasteiger partial charge on any atom is 0.426 e. The number of hydrazine groups is 1. The molecule has 0 fully saturated rings. The van der Waals surface area contributed by atoms with Crippen LogP contribution in [0, 0.1) is 18.4 Å². The predicted molar refractivity (Wildman–Crippen MR) is 99.7 cm³/mol. The highest BCUT2D eigenvalue weighted by Gasteiger charge is 2.22. The molecule has 0 spiro atoms. The summed E-state index contributed by atoms with van der Waals surface area (Å²) in [6, 6.07) is 1.51. The van der Waals surface area contributed by atoms with Crippen molar-refractivity contribution in [2.45, 2.75) is 13.8 Å². The number of nitrogens with zero attached hydrogens (tertiary/aromatic N) is 2. The summed E-state index contributed by atoms with van der Waals surface area (Å²) >= 11 is 7.33. The van der Waals surface area contributed by atoms with E-state index in [0.717, 1.165) is 0 Å². The van der Waals surface area contributed by atoms with Crippen molar-refractivity contribution in [3.8, 4) is 11.9 Å². The van der Waals surface area contributed by atoms with Gasteiger partial charge in [0.1, 0.15) is 11.4 Å². The average Bonchev–Trinajstić information content (AvgIpc) is 2.62. The van der Waals surface area contributed by atoms with Crippen LogP contribution in [0.15, 0.2) is 11.1 Å². The first-order valence-corrected chi connectivity index (χ1v) is 8.87. The van der Waals surface area contributed by atoms with Crippen LogP contribution in [0.3, 0.4) is 0 Å². The van der Waals surface area contributed by atoms with Crippen LogP contribution in [0.4, 0.5) is 10.5 Å². The van der Waals surface area contributed by atoms with Gasteiger partial charge in [0.05, 0.1) is 19.3 Å². The van der Waals surface area contributed by atoms with Gasteiger partial charge in [0.2, 0.25) is 0 Å². The Balaban J connectivity index is 3.39. The summed E-state index contributed by atoms with van der Waals surface area (Å²) in [6.45, 7) is 3.40. The highest BCUT2D eigenvalue weighted by Crippen LogP contribution is 2.38. The standard InChI is InChI=1S/C15H18ClN5O4S/c1-5-25-15(23)21-20-13(22)11-8(2)9(16)6-10(24-3)12(11)19-14(26-4)18-7-17/h6H,5H2,1-4H3,(H,18,19)(H,20,22)(H,21,23). The number of carbonyl (C=O) groups is 2. The SMILES string of the molecule is CCOC(=O)NNC(=O)c1c(C)c(Cl)cc(OC)c1N=C(NC#N)SC. The third-order valence-corrected chi connectivity index (χ3v) is 4.00. The molecule has 0 aromatic heterocycles. The Kier molecular flexibility index (Phi) is 8.54. The molecule has 26 heavy (non-hydrogen) atoms. The fourth-order valence-corrected chi connectivity index (χ4v) is 2.39. The van der Waals surface area contributed by atoms with Gasteiger partial charge < -0.3 is 9.47 Å². The van der Waals surface area contributed by atoms with Gasteiger partial charge in [-0.3, -0.25) is 15.5 Å². The second-order valence-electron chi connectivity index (χ2n) is 4.57. The highest BCUT2D eigenvalue weighted by molar-refractivity contribution is 8.13. The molecule has 0 atom stereocenters. The molecule has 0 saturated carbocycles. The van der Waals surface area contributed by atoms with E-state index in [1.165, 1.54) is 24.9 Å². The normalized spacial score (nSPS) is 10.5. The number of ether oxygens (including phenoxy) is 2. The summed E-state index contributed by atoms with van der Waals surface area (Å²) in [7, 11) is 1.40. The third-order valence-electron chi connectivity index (χ3n) is 3.03. The minimum Gasteiger partial charge on any atom is -0.494 e. The second-order valence-corrected chi connectivity index (χ2v) is 5.77. The van der Waals surface area contributed by atoms with Gasteiger partial charge >= 0.3 is 6.09 Å². The number of aliphatic imine (C=N–C) groups is 1. The van der Waals surface area contributed by atoms with Crippen molar-refractivity contribution in [1.29, 1.82) is 5.26 Å².